The first kappa shape index (κ1) is 27.9. The van der Waals surface area contributed by atoms with E-state index in [9.17, 15) is 18.0 Å². The van der Waals surface area contributed by atoms with Crippen LogP contribution in [0.25, 0.3) is 0 Å². The van der Waals surface area contributed by atoms with Crippen molar-refractivity contribution in [1.29, 1.82) is 0 Å². The molecule has 0 aromatic heterocycles. The summed E-state index contributed by atoms with van der Waals surface area (Å²) in [6.07, 6.45) is 0. The minimum atomic E-state index is -4.01. The summed E-state index contributed by atoms with van der Waals surface area (Å²) in [6.45, 7) is 4.60. The zero-order chi connectivity index (χ0) is 25.6. The molecule has 0 aliphatic carbocycles. The van der Waals surface area contributed by atoms with E-state index in [2.05, 4.69) is 5.32 Å². The van der Waals surface area contributed by atoms with Crippen LogP contribution in [0.5, 0.6) is 0 Å². The molecule has 2 rings (SSSR count). The van der Waals surface area contributed by atoms with Crippen molar-refractivity contribution in [3.05, 3.63) is 64.1 Å². The van der Waals surface area contributed by atoms with E-state index < -0.39 is 28.7 Å². The number of nitrogens with one attached hydrogen (secondary N) is 1. The lowest BCUT2D eigenvalue weighted by atomic mass is 10.1. The summed E-state index contributed by atoms with van der Waals surface area (Å²) in [5.41, 5.74) is 0.782. The van der Waals surface area contributed by atoms with Crippen molar-refractivity contribution in [3.8, 4) is 0 Å². The lowest BCUT2D eigenvalue weighted by Crippen LogP contribution is -2.53. The molecule has 186 valence electrons. The SMILES string of the molecule is CC(C)NC(=O)[C@H](C)N(Cc1c(Cl)cccc1Cl)C(=O)CN(c1ccccc1)S(=O)(=O)N(C)C. The molecule has 11 heteroatoms. The predicted molar refractivity (Wildman–Crippen MR) is 136 cm³/mol. The van der Waals surface area contributed by atoms with Crippen LogP contribution < -0.4 is 9.62 Å². The molecule has 8 nitrogen and oxygen atoms in total. The molecule has 0 spiro atoms. The first-order chi connectivity index (χ1) is 15.9. The van der Waals surface area contributed by atoms with Gasteiger partial charge in [-0.15, -0.1) is 0 Å². The minimum absolute atomic E-state index is 0.0747. The molecule has 0 radical (unpaired) electrons. The van der Waals surface area contributed by atoms with Crippen LogP contribution in [0, 0.1) is 0 Å². The van der Waals surface area contributed by atoms with Crippen molar-refractivity contribution in [1.82, 2.24) is 14.5 Å². The van der Waals surface area contributed by atoms with Crippen LogP contribution in [0.15, 0.2) is 48.5 Å². The van der Waals surface area contributed by atoms with Crippen LogP contribution in [-0.2, 0) is 26.3 Å². The highest BCUT2D eigenvalue weighted by molar-refractivity contribution is 7.90. The Morgan fingerprint density at radius 2 is 1.50 bits per heavy atom. The van der Waals surface area contributed by atoms with Gasteiger partial charge in [0.25, 0.3) is 0 Å². The van der Waals surface area contributed by atoms with Gasteiger partial charge >= 0.3 is 10.2 Å². The fourth-order valence-electron chi connectivity index (χ4n) is 3.15. The molecule has 0 aliphatic rings. The summed E-state index contributed by atoms with van der Waals surface area (Å²) < 4.78 is 28.2. The fourth-order valence-corrected chi connectivity index (χ4v) is 4.73. The maximum absolute atomic E-state index is 13.6. The molecule has 2 aromatic rings. The monoisotopic (exact) mass is 528 g/mol. The number of rotatable bonds is 10. The quantitative estimate of drug-likeness (QED) is 0.510. The number of amides is 2. The minimum Gasteiger partial charge on any atom is -0.352 e. The van der Waals surface area contributed by atoms with E-state index in [0.717, 1.165) is 8.61 Å². The second-order valence-corrected chi connectivity index (χ2v) is 11.1. The topological polar surface area (TPSA) is 90.0 Å². The summed E-state index contributed by atoms with van der Waals surface area (Å²) in [5, 5.41) is 3.46. The Morgan fingerprint density at radius 1 is 0.941 bits per heavy atom. The van der Waals surface area contributed by atoms with Gasteiger partial charge in [0, 0.05) is 42.3 Å². The van der Waals surface area contributed by atoms with E-state index in [1.54, 1.807) is 55.5 Å². The van der Waals surface area contributed by atoms with Crippen molar-refractivity contribution < 1.29 is 18.0 Å². The van der Waals surface area contributed by atoms with Crippen molar-refractivity contribution in [3.63, 3.8) is 0 Å². The van der Waals surface area contributed by atoms with Crippen LogP contribution in [0.4, 0.5) is 5.69 Å². The maximum atomic E-state index is 13.6. The number of hydrogen-bond acceptors (Lipinski definition) is 4. The summed E-state index contributed by atoms with van der Waals surface area (Å²) in [6, 6.07) is 12.2. The van der Waals surface area contributed by atoms with Crippen molar-refractivity contribution in [2.45, 2.75) is 39.4 Å². The third-order valence-corrected chi connectivity index (χ3v) is 7.58. The first-order valence-electron chi connectivity index (χ1n) is 10.6. The molecule has 34 heavy (non-hydrogen) atoms. The molecule has 1 N–H and O–H groups in total. The Kier molecular flexibility index (Phi) is 9.75. The van der Waals surface area contributed by atoms with Crippen LogP contribution in [0.1, 0.15) is 26.3 Å². The molecule has 0 aliphatic heterocycles. The average molecular weight is 529 g/mol. The van der Waals surface area contributed by atoms with Gasteiger partial charge in [-0.25, -0.2) is 4.31 Å². The molecule has 2 aromatic carbocycles. The molecule has 0 fully saturated rings. The Balaban J connectivity index is 2.49. The van der Waals surface area contributed by atoms with Gasteiger partial charge in [0.1, 0.15) is 12.6 Å². The number of anilines is 1. The van der Waals surface area contributed by atoms with Crippen LogP contribution in [0.3, 0.4) is 0 Å². The number of nitrogens with zero attached hydrogens (tertiary/aromatic N) is 3. The van der Waals surface area contributed by atoms with Crippen molar-refractivity contribution in [2.75, 3.05) is 24.9 Å². The molecule has 0 bridgehead atoms. The molecular formula is C23H30Cl2N4O4S. The van der Waals surface area contributed by atoms with E-state index >= 15 is 0 Å². The number of para-hydroxylation sites is 1. The van der Waals surface area contributed by atoms with E-state index in [1.165, 1.54) is 19.0 Å². The molecule has 0 saturated heterocycles. The Labute approximate surface area is 211 Å². The highest BCUT2D eigenvalue weighted by Crippen LogP contribution is 2.27. The largest absolute Gasteiger partial charge is 0.352 e. The second kappa shape index (κ2) is 11.9. The molecular weight excluding hydrogens is 499 g/mol. The van der Waals surface area contributed by atoms with Crippen LogP contribution in [-0.4, -0.2) is 62.2 Å². The summed E-state index contributed by atoms with van der Waals surface area (Å²) in [7, 11) is -1.24. The molecule has 0 heterocycles. The van der Waals surface area contributed by atoms with Crippen molar-refractivity contribution >= 4 is 50.9 Å². The summed E-state index contributed by atoms with van der Waals surface area (Å²) in [4.78, 5) is 27.7. The maximum Gasteiger partial charge on any atom is 0.304 e. The van der Waals surface area contributed by atoms with E-state index in [-0.39, 0.29) is 18.5 Å². The lowest BCUT2D eigenvalue weighted by molar-refractivity contribution is -0.139. The van der Waals surface area contributed by atoms with Gasteiger partial charge in [-0.2, -0.15) is 12.7 Å². The van der Waals surface area contributed by atoms with Crippen molar-refractivity contribution in [2.24, 2.45) is 0 Å². The number of carbonyl (C=O) groups excluding carboxylic acids is 2. The Hall–Kier alpha value is -2.33. The zero-order valence-electron chi connectivity index (χ0n) is 19.8. The summed E-state index contributed by atoms with van der Waals surface area (Å²) >= 11 is 12.7. The molecule has 2 amide bonds. The van der Waals surface area contributed by atoms with Gasteiger partial charge in [-0.1, -0.05) is 47.5 Å². The molecule has 1 atom stereocenters. The molecule has 0 unspecified atom stereocenters. The Morgan fingerprint density at radius 3 is 2.00 bits per heavy atom. The zero-order valence-corrected chi connectivity index (χ0v) is 22.2. The lowest BCUT2D eigenvalue weighted by Gasteiger charge is -2.33. The van der Waals surface area contributed by atoms with Crippen LogP contribution >= 0.6 is 23.2 Å². The average Bonchev–Trinajstić information content (AvgIpc) is 2.76. The van der Waals surface area contributed by atoms with Gasteiger partial charge < -0.3 is 10.2 Å². The smallest absolute Gasteiger partial charge is 0.304 e. The van der Waals surface area contributed by atoms with E-state index in [4.69, 9.17) is 23.2 Å². The van der Waals surface area contributed by atoms with Gasteiger partial charge in [-0.3, -0.25) is 9.59 Å². The van der Waals surface area contributed by atoms with Gasteiger partial charge in [0.05, 0.1) is 5.69 Å². The fraction of sp³-hybridized carbons (Fsp3) is 0.391. The van der Waals surface area contributed by atoms with E-state index in [0.29, 0.717) is 21.3 Å². The highest BCUT2D eigenvalue weighted by Gasteiger charge is 2.33. The summed E-state index contributed by atoms with van der Waals surface area (Å²) in [5.74, 6) is -0.968. The van der Waals surface area contributed by atoms with Crippen LogP contribution in [0.2, 0.25) is 10.0 Å². The normalized spacial score (nSPS) is 12.5. The third-order valence-electron chi connectivity index (χ3n) is 5.05. The Bertz CT molecular complexity index is 1090. The first-order valence-corrected chi connectivity index (χ1v) is 12.8. The number of halogens is 2. The standard InChI is InChI=1S/C23H30Cl2N4O4S/c1-16(2)26-23(31)17(3)28(14-19-20(24)12-9-13-21(19)25)22(30)15-29(34(32,33)27(4)5)18-10-7-6-8-11-18/h6-13,16-17H,14-15H2,1-5H3,(H,26,31)/t17-/m0/s1. The van der Waals surface area contributed by atoms with Gasteiger partial charge in [0.2, 0.25) is 11.8 Å². The highest BCUT2D eigenvalue weighted by atomic mass is 35.5. The van der Waals surface area contributed by atoms with E-state index in [1.807, 2.05) is 13.8 Å². The number of hydrogen-bond donors (Lipinski definition) is 1. The third kappa shape index (κ3) is 6.85. The second-order valence-electron chi connectivity index (χ2n) is 8.19. The number of benzene rings is 2. The molecule has 0 saturated carbocycles. The van der Waals surface area contributed by atoms with Gasteiger partial charge in [0.15, 0.2) is 0 Å². The predicted octanol–water partition coefficient (Wildman–Crippen LogP) is 3.55. The number of carbonyl (C=O) groups is 2. The van der Waals surface area contributed by atoms with Gasteiger partial charge in [-0.05, 0) is 45.0 Å².